The largest absolute Gasteiger partial charge is 0.507 e. The predicted octanol–water partition coefficient (Wildman–Crippen LogP) is 4.49. The summed E-state index contributed by atoms with van der Waals surface area (Å²) in [7, 11) is 0. The number of carbonyl (C=O) groups excluding carboxylic acids is 1. The second-order valence-corrected chi connectivity index (χ2v) is 7.91. The molecule has 3 aromatic rings. The van der Waals surface area contributed by atoms with Gasteiger partial charge in [-0.25, -0.2) is 9.59 Å². The Morgan fingerprint density at radius 2 is 1.32 bits per heavy atom. The van der Waals surface area contributed by atoms with Gasteiger partial charge in [0, 0.05) is 16.7 Å². The summed E-state index contributed by atoms with van der Waals surface area (Å²) < 4.78 is 5.99. The number of esters is 1. The first-order valence-electron chi connectivity index (χ1n) is 9.80. The van der Waals surface area contributed by atoms with E-state index in [1.165, 1.54) is 30.3 Å². The molecular weight excluding hydrogens is 396 g/mol. The lowest BCUT2D eigenvalue weighted by Gasteiger charge is -2.35. The summed E-state index contributed by atoms with van der Waals surface area (Å²) >= 11 is 0. The van der Waals surface area contributed by atoms with Gasteiger partial charge in [0.1, 0.15) is 11.5 Å². The number of hydrogen-bond acceptors (Lipinski definition) is 5. The number of carboxylic acid groups (broad SMARTS) is 1. The monoisotopic (exact) mass is 418 g/mol. The normalized spacial score (nSPS) is 14.3. The van der Waals surface area contributed by atoms with E-state index in [1.807, 2.05) is 13.8 Å². The fraction of sp³-hybridized carbons (Fsp3) is 0.200. The van der Waals surface area contributed by atoms with Crippen molar-refractivity contribution in [3.63, 3.8) is 0 Å². The molecule has 3 N–H and O–H groups in total. The summed E-state index contributed by atoms with van der Waals surface area (Å²) in [5.74, 6) is -2.29. The van der Waals surface area contributed by atoms with Crippen molar-refractivity contribution in [3.05, 3.63) is 92.5 Å². The molecule has 6 nitrogen and oxygen atoms in total. The molecule has 3 aromatic carbocycles. The van der Waals surface area contributed by atoms with Gasteiger partial charge < -0.3 is 20.1 Å². The van der Waals surface area contributed by atoms with Crippen molar-refractivity contribution in [1.82, 2.24) is 0 Å². The van der Waals surface area contributed by atoms with Crippen molar-refractivity contribution in [2.45, 2.75) is 33.3 Å². The van der Waals surface area contributed by atoms with Crippen LogP contribution < -0.4 is 0 Å². The third-order valence-corrected chi connectivity index (χ3v) is 6.24. The summed E-state index contributed by atoms with van der Waals surface area (Å²) in [5.41, 5.74) is 1.56. The first-order chi connectivity index (χ1) is 14.6. The number of aromatic carboxylic acids is 1. The average Bonchev–Trinajstić information content (AvgIpc) is 3.01. The predicted molar refractivity (Wildman–Crippen MR) is 114 cm³/mol. The van der Waals surface area contributed by atoms with Crippen molar-refractivity contribution >= 4 is 11.9 Å². The van der Waals surface area contributed by atoms with E-state index in [0.717, 1.165) is 11.1 Å². The van der Waals surface area contributed by atoms with Gasteiger partial charge in [-0.2, -0.15) is 0 Å². The molecule has 4 rings (SSSR count). The molecule has 0 aliphatic carbocycles. The standard InChI is InChI=1S/C25H22O6/c1-12-8-10-18(26)20(14(12)3)25(21-15(4)13(2)9-11-19(21)27)22-16(23(28)29)6-5-7-17(22)24(30)31-25/h5-11,26-27H,1-4H3,(H,28,29). The maximum absolute atomic E-state index is 13.0. The Kier molecular flexibility index (Phi) is 4.54. The molecular formula is C25H22O6. The van der Waals surface area contributed by atoms with Gasteiger partial charge in [-0.05, 0) is 74.2 Å². The molecule has 0 amide bonds. The highest BCUT2D eigenvalue weighted by Crippen LogP contribution is 2.55. The lowest BCUT2D eigenvalue weighted by atomic mass is 9.73. The van der Waals surface area contributed by atoms with Gasteiger partial charge in [-0.1, -0.05) is 18.2 Å². The Balaban J connectivity index is 2.31. The van der Waals surface area contributed by atoms with Crippen LogP contribution in [0.15, 0.2) is 42.5 Å². The van der Waals surface area contributed by atoms with Crippen LogP contribution in [0.1, 0.15) is 59.7 Å². The number of benzene rings is 3. The number of carboxylic acids is 1. The zero-order valence-corrected chi connectivity index (χ0v) is 17.6. The average molecular weight is 418 g/mol. The van der Waals surface area contributed by atoms with Crippen LogP contribution in [0.2, 0.25) is 0 Å². The lowest BCUT2D eigenvalue weighted by Crippen LogP contribution is -2.33. The van der Waals surface area contributed by atoms with Crippen molar-refractivity contribution in [2.75, 3.05) is 0 Å². The van der Waals surface area contributed by atoms with E-state index in [-0.39, 0.29) is 39.3 Å². The van der Waals surface area contributed by atoms with Crippen molar-refractivity contribution in [1.29, 1.82) is 0 Å². The molecule has 0 unspecified atom stereocenters. The zero-order chi connectivity index (χ0) is 22.7. The molecule has 1 heterocycles. The van der Waals surface area contributed by atoms with Crippen LogP contribution in [0, 0.1) is 27.7 Å². The molecule has 0 atom stereocenters. The number of ether oxygens (including phenoxy) is 1. The van der Waals surface area contributed by atoms with Crippen LogP contribution in [-0.4, -0.2) is 27.3 Å². The van der Waals surface area contributed by atoms with Gasteiger partial charge in [0.2, 0.25) is 0 Å². The highest BCUT2D eigenvalue weighted by molar-refractivity contribution is 6.02. The topological polar surface area (TPSA) is 104 Å². The highest BCUT2D eigenvalue weighted by Gasteiger charge is 2.55. The molecule has 6 heteroatoms. The number of rotatable bonds is 3. The number of phenolic OH excluding ortho intramolecular Hbond substituents is 2. The Labute approximate surface area is 179 Å². The number of phenols is 2. The smallest absolute Gasteiger partial charge is 0.340 e. The summed E-state index contributed by atoms with van der Waals surface area (Å²) in [6.07, 6.45) is 0. The second kappa shape index (κ2) is 6.87. The van der Waals surface area contributed by atoms with E-state index in [2.05, 4.69) is 0 Å². The first kappa shape index (κ1) is 20.5. The van der Waals surface area contributed by atoms with Gasteiger partial charge in [-0.15, -0.1) is 0 Å². The van der Waals surface area contributed by atoms with E-state index >= 15 is 0 Å². The summed E-state index contributed by atoms with van der Waals surface area (Å²) in [5, 5.41) is 31.9. The van der Waals surface area contributed by atoms with Crippen molar-refractivity contribution < 1.29 is 29.6 Å². The fourth-order valence-corrected chi connectivity index (χ4v) is 4.49. The van der Waals surface area contributed by atoms with Gasteiger partial charge in [0.25, 0.3) is 0 Å². The third kappa shape index (κ3) is 2.71. The highest BCUT2D eigenvalue weighted by atomic mass is 16.6. The number of aromatic hydroxyl groups is 2. The van der Waals surface area contributed by atoms with E-state index in [0.29, 0.717) is 11.1 Å². The van der Waals surface area contributed by atoms with Crippen LogP contribution in [0.5, 0.6) is 11.5 Å². The lowest BCUT2D eigenvalue weighted by molar-refractivity contribution is 0.0230. The fourth-order valence-electron chi connectivity index (χ4n) is 4.49. The van der Waals surface area contributed by atoms with Gasteiger partial charge in [0.05, 0.1) is 11.1 Å². The van der Waals surface area contributed by atoms with Crippen LogP contribution in [0.4, 0.5) is 0 Å². The van der Waals surface area contributed by atoms with Gasteiger partial charge >= 0.3 is 11.9 Å². The van der Waals surface area contributed by atoms with Crippen molar-refractivity contribution in [3.8, 4) is 11.5 Å². The van der Waals surface area contributed by atoms with Crippen LogP contribution in [0.3, 0.4) is 0 Å². The number of fused-ring (bicyclic) bond motifs is 1. The summed E-state index contributed by atoms with van der Waals surface area (Å²) in [6, 6.07) is 10.8. The van der Waals surface area contributed by atoms with Gasteiger partial charge in [-0.3, -0.25) is 0 Å². The SMILES string of the molecule is Cc1ccc(O)c(C2(c3c(O)ccc(C)c3C)OC(=O)c3cccc(C(=O)O)c32)c1C. The van der Waals surface area contributed by atoms with E-state index in [4.69, 9.17) is 4.74 Å². The molecule has 0 saturated carbocycles. The second-order valence-electron chi connectivity index (χ2n) is 7.91. The molecule has 0 aromatic heterocycles. The molecule has 0 bridgehead atoms. The van der Waals surface area contributed by atoms with E-state index in [1.54, 1.807) is 26.0 Å². The summed E-state index contributed by atoms with van der Waals surface area (Å²) in [6.45, 7) is 7.22. The Morgan fingerprint density at radius 3 is 1.81 bits per heavy atom. The zero-order valence-electron chi connectivity index (χ0n) is 17.6. The molecule has 1 aliphatic heterocycles. The number of cyclic esters (lactones) is 1. The van der Waals surface area contributed by atoms with E-state index < -0.39 is 17.5 Å². The number of carbonyl (C=O) groups is 2. The number of hydrogen-bond donors (Lipinski definition) is 3. The molecule has 0 fully saturated rings. The molecule has 0 saturated heterocycles. The maximum Gasteiger partial charge on any atom is 0.340 e. The Hall–Kier alpha value is -3.80. The Bertz CT molecular complexity index is 1210. The van der Waals surface area contributed by atoms with Crippen LogP contribution in [-0.2, 0) is 10.3 Å². The number of aryl methyl sites for hydroxylation is 2. The van der Waals surface area contributed by atoms with Crippen LogP contribution in [0.25, 0.3) is 0 Å². The van der Waals surface area contributed by atoms with E-state index in [9.17, 15) is 24.9 Å². The van der Waals surface area contributed by atoms with Crippen LogP contribution >= 0.6 is 0 Å². The molecule has 31 heavy (non-hydrogen) atoms. The van der Waals surface area contributed by atoms with Crippen molar-refractivity contribution in [2.24, 2.45) is 0 Å². The molecule has 158 valence electrons. The third-order valence-electron chi connectivity index (χ3n) is 6.24. The quantitative estimate of drug-likeness (QED) is 0.542. The maximum atomic E-state index is 13.0. The Morgan fingerprint density at radius 1 is 0.806 bits per heavy atom. The molecule has 0 spiro atoms. The minimum absolute atomic E-state index is 0.0838. The minimum Gasteiger partial charge on any atom is -0.507 e. The minimum atomic E-state index is -1.83. The molecule has 0 radical (unpaired) electrons. The summed E-state index contributed by atoms with van der Waals surface area (Å²) in [4.78, 5) is 25.2. The molecule has 1 aliphatic rings. The first-order valence-corrected chi connectivity index (χ1v) is 9.80. The van der Waals surface area contributed by atoms with Gasteiger partial charge in [0.15, 0.2) is 5.60 Å².